The summed E-state index contributed by atoms with van der Waals surface area (Å²) in [5.74, 6) is 0.768. The first-order valence-corrected chi connectivity index (χ1v) is 9.55. The number of rotatable bonds is 9. The number of carbonyl (C=O) groups excluding carboxylic acids is 1. The predicted octanol–water partition coefficient (Wildman–Crippen LogP) is 2.54. The summed E-state index contributed by atoms with van der Waals surface area (Å²) >= 11 is 1.41. The predicted molar refractivity (Wildman–Crippen MR) is 105 cm³/mol. The molecule has 0 bridgehead atoms. The molecule has 9 heteroatoms. The van der Waals surface area contributed by atoms with Crippen molar-refractivity contribution in [3.05, 3.63) is 23.3 Å². The van der Waals surface area contributed by atoms with Gasteiger partial charge in [-0.15, -0.1) is 11.3 Å². The topological polar surface area (TPSA) is 118 Å². The van der Waals surface area contributed by atoms with Gasteiger partial charge in [0.2, 0.25) is 5.91 Å². The monoisotopic (exact) mass is 375 g/mol. The van der Waals surface area contributed by atoms with E-state index in [2.05, 4.69) is 37.5 Å². The zero-order chi connectivity index (χ0) is 18.8. The number of hydrogen-bond donors (Lipinski definition) is 3. The summed E-state index contributed by atoms with van der Waals surface area (Å²) < 4.78 is 0. The van der Waals surface area contributed by atoms with Crippen LogP contribution in [0, 0.1) is 0 Å². The number of aliphatic imine (C=N–C) groups is 1. The van der Waals surface area contributed by atoms with Crippen molar-refractivity contribution in [1.29, 1.82) is 0 Å². The van der Waals surface area contributed by atoms with Gasteiger partial charge in [0.05, 0.1) is 12.2 Å². The fourth-order valence-corrected chi connectivity index (χ4v) is 2.85. The molecule has 0 radical (unpaired) electrons. The minimum atomic E-state index is -0.102. The Kier molecular flexibility index (Phi) is 7.94. The second-order valence-corrected chi connectivity index (χ2v) is 6.63. The van der Waals surface area contributed by atoms with E-state index in [9.17, 15) is 4.79 Å². The van der Waals surface area contributed by atoms with E-state index in [-0.39, 0.29) is 5.91 Å². The number of guanidine groups is 1. The highest BCUT2D eigenvalue weighted by atomic mass is 32.1. The highest BCUT2D eigenvalue weighted by Crippen LogP contribution is 2.22. The summed E-state index contributed by atoms with van der Waals surface area (Å²) in [6.07, 6.45) is 6.28. The number of hydrogen-bond acceptors (Lipinski definition) is 6. The molecule has 26 heavy (non-hydrogen) atoms. The Morgan fingerprint density at radius 1 is 1.31 bits per heavy atom. The SMILES string of the molecule is CCCCCCN=C(N)Nc1nc(-c2nccc(CNC(C)=O)n2)cs1. The van der Waals surface area contributed by atoms with Crippen molar-refractivity contribution in [3.63, 3.8) is 0 Å². The number of nitrogens with one attached hydrogen (secondary N) is 2. The summed E-state index contributed by atoms with van der Waals surface area (Å²) in [4.78, 5) is 28.4. The summed E-state index contributed by atoms with van der Waals surface area (Å²) in [5, 5.41) is 8.21. The van der Waals surface area contributed by atoms with Crippen molar-refractivity contribution in [2.75, 3.05) is 11.9 Å². The lowest BCUT2D eigenvalue weighted by atomic mass is 10.2. The highest BCUT2D eigenvalue weighted by molar-refractivity contribution is 7.14. The number of anilines is 1. The first-order valence-electron chi connectivity index (χ1n) is 8.67. The van der Waals surface area contributed by atoms with Gasteiger partial charge in [-0.3, -0.25) is 9.79 Å². The Hall–Kier alpha value is -2.55. The minimum absolute atomic E-state index is 0.102. The van der Waals surface area contributed by atoms with Crippen LogP contribution >= 0.6 is 11.3 Å². The first-order chi connectivity index (χ1) is 12.6. The van der Waals surface area contributed by atoms with Crippen LogP contribution in [0.5, 0.6) is 0 Å². The first kappa shape index (κ1) is 19.8. The van der Waals surface area contributed by atoms with E-state index in [1.807, 2.05) is 5.38 Å². The lowest BCUT2D eigenvalue weighted by Gasteiger charge is -2.03. The Balaban J connectivity index is 1.93. The molecule has 140 valence electrons. The summed E-state index contributed by atoms with van der Waals surface area (Å²) in [5.41, 5.74) is 7.27. The molecule has 0 spiro atoms. The van der Waals surface area contributed by atoms with Crippen molar-refractivity contribution in [2.24, 2.45) is 10.7 Å². The van der Waals surface area contributed by atoms with Crippen LogP contribution in [0.2, 0.25) is 0 Å². The van der Waals surface area contributed by atoms with Crippen molar-refractivity contribution in [1.82, 2.24) is 20.3 Å². The number of aromatic nitrogens is 3. The Bertz CT molecular complexity index is 744. The third-order valence-electron chi connectivity index (χ3n) is 3.49. The Morgan fingerprint density at radius 3 is 2.92 bits per heavy atom. The molecule has 1 amide bonds. The van der Waals surface area contributed by atoms with Gasteiger partial charge < -0.3 is 16.4 Å². The summed E-state index contributed by atoms with van der Waals surface area (Å²) in [6.45, 7) is 4.72. The van der Waals surface area contributed by atoms with E-state index in [0.29, 0.717) is 35.7 Å². The van der Waals surface area contributed by atoms with Gasteiger partial charge in [0.1, 0.15) is 5.69 Å². The maximum atomic E-state index is 11.0. The molecule has 0 aliphatic rings. The van der Waals surface area contributed by atoms with Gasteiger partial charge >= 0.3 is 0 Å². The molecule has 0 fully saturated rings. The number of amides is 1. The van der Waals surface area contributed by atoms with E-state index in [4.69, 9.17) is 5.73 Å². The smallest absolute Gasteiger partial charge is 0.217 e. The van der Waals surface area contributed by atoms with Crippen LogP contribution in [-0.4, -0.2) is 33.4 Å². The zero-order valence-corrected chi connectivity index (χ0v) is 16.0. The van der Waals surface area contributed by atoms with E-state index in [1.165, 1.54) is 37.5 Å². The lowest BCUT2D eigenvalue weighted by molar-refractivity contribution is -0.119. The van der Waals surface area contributed by atoms with Gasteiger partial charge in [0.25, 0.3) is 0 Å². The number of nitrogens with zero attached hydrogens (tertiary/aromatic N) is 4. The molecule has 0 aliphatic carbocycles. The Morgan fingerprint density at radius 2 is 2.15 bits per heavy atom. The molecule has 2 aromatic heterocycles. The van der Waals surface area contributed by atoms with E-state index in [1.54, 1.807) is 12.3 Å². The zero-order valence-electron chi connectivity index (χ0n) is 15.2. The standard InChI is InChI=1S/C17H25N7OS/c1-3-4-5-6-8-20-16(18)24-17-23-14(11-26-17)15-19-9-7-13(22-15)10-21-12(2)25/h7,9,11H,3-6,8,10H2,1-2H3,(H,21,25)(H3,18,20,23,24). The van der Waals surface area contributed by atoms with E-state index in [0.717, 1.165) is 12.1 Å². The van der Waals surface area contributed by atoms with Crippen molar-refractivity contribution in [2.45, 2.75) is 46.1 Å². The molecule has 8 nitrogen and oxygen atoms in total. The second kappa shape index (κ2) is 10.4. The van der Waals surface area contributed by atoms with Gasteiger partial charge in [-0.1, -0.05) is 26.2 Å². The third-order valence-corrected chi connectivity index (χ3v) is 4.25. The fourth-order valence-electron chi connectivity index (χ4n) is 2.15. The van der Waals surface area contributed by atoms with Crippen LogP contribution in [0.3, 0.4) is 0 Å². The van der Waals surface area contributed by atoms with Crippen LogP contribution in [0.1, 0.15) is 45.2 Å². The highest BCUT2D eigenvalue weighted by Gasteiger charge is 2.09. The van der Waals surface area contributed by atoms with Crippen LogP contribution in [0.4, 0.5) is 5.13 Å². The largest absolute Gasteiger partial charge is 0.370 e. The summed E-state index contributed by atoms with van der Waals surface area (Å²) in [6, 6.07) is 1.76. The number of carbonyl (C=O) groups is 1. The normalized spacial score (nSPS) is 11.4. The molecule has 0 saturated heterocycles. The number of thiazole rings is 1. The number of nitrogens with two attached hydrogens (primary N) is 1. The van der Waals surface area contributed by atoms with Crippen LogP contribution in [0.15, 0.2) is 22.6 Å². The third kappa shape index (κ3) is 6.75. The maximum absolute atomic E-state index is 11.0. The molecular weight excluding hydrogens is 350 g/mol. The summed E-state index contributed by atoms with van der Waals surface area (Å²) in [7, 11) is 0. The molecule has 0 aliphatic heterocycles. The van der Waals surface area contributed by atoms with Gasteiger partial charge in [-0.05, 0) is 12.5 Å². The van der Waals surface area contributed by atoms with E-state index < -0.39 is 0 Å². The molecule has 0 atom stereocenters. The van der Waals surface area contributed by atoms with Gasteiger partial charge in [0.15, 0.2) is 16.9 Å². The average Bonchev–Trinajstić information content (AvgIpc) is 3.08. The van der Waals surface area contributed by atoms with Crippen molar-refractivity contribution in [3.8, 4) is 11.5 Å². The van der Waals surface area contributed by atoms with Crippen molar-refractivity contribution >= 4 is 28.3 Å². The van der Waals surface area contributed by atoms with Gasteiger partial charge in [-0.2, -0.15) is 0 Å². The molecule has 2 rings (SSSR count). The molecule has 2 aromatic rings. The molecule has 0 aromatic carbocycles. The van der Waals surface area contributed by atoms with Crippen molar-refractivity contribution < 1.29 is 4.79 Å². The molecule has 2 heterocycles. The quantitative estimate of drug-likeness (QED) is 0.352. The lowest BCUT2D eigenvalue weighted by Crippen LogP contribution is -2.22. The molecule has 0 unspecified atom stereocenters. The van der Waals surface area contributed by atoms with Crippen LogP contribution in [0.25, 0.3) is 11.5 Å². The average molecular weight is 376 g/mol. The molecule has 0 saturated carbocycles. The second-order valence-electron chi connectivity index (χ2n) is 5.77. The maximum Gasteiger partial charge on any atom is 0.217 e. The van der Waals surface area contributed by atoms with Crippen LogP contribution in [-0.2, 0) is 11.3 Å². The molecule has 4 N–H and O–H groups in total. The fraction of sp³-hybridized carbons (Fsp3) is 0.471. The van der Waals surface area contributed by atoms with E-state index >= 15 is 0 Å². The minimum Gasteiger partial charge on any atom is -0.370 e. The number of unbranched alkanes of at least 4 members (excludes halogenated alkanes) is 3. The Labute approximate surface area is 157 Å². The molecular formula is C17H25N7OS. The van der Waals surface area contributed by atoms with Gasteiger partial charge in [0, 0.05) is 25.0 Å². The van der Waals surface area contributed by atoms with Gasteiger partial charge in [-0.25, -0.2) is 15.0 Å². The van der Waals surface area contributed by atoms with Crippen LogP contribution < -0.4 is 16.4 Å².